The third kappa shape index (κ3) is 5.10. The van der Waals surface area contributed by atoms with Gasteiger partial charge in [0.15, 0.2) is 0 Å². The van der Waals surface area contributed by atoms with Gasteiger partial charge in [0.2, 0.25) is 5.91 Å². The van der Waals surface area contributed by atoms with Crippen molar-refractivity contribution in [3.8, 4) is 0 Å². The molecule has 1 amide bonds. The lowest BCUT2D eigenvalue weighted by atomic mass is 10.0. The second kappa shape index (κ2) is 9.92. The minimum absolute atomic E-state index is 0.0131. The quantitative estimate of drug-likeness (QED) is 0.526. The predicted octanol–water partition coefficient (Wildman–Crippen LogP) is 5.23. The molecule has 5 heteroatoms. The molecule has 0 radical (unpaired) electrons. The highest BCUT2D eigenvalue weighted by molar-refractivity contribution is 7.10. The zero-order valence-electron chi connectivity index (χ0n) is 17.4. The molecule has 2 N–H and O–H groups in total. The Bertz CT molecular complexity index is 930. The summed E-state index contributed by atoms with van der Waals surface area (Å²) in [5.74, 6) is -0.0318. The van der Waals surface area contributed by atoms with Gasteiger partial charge < -0.3 is 10.2 Å². The van der Waals surface area contributed by atoms with Gasteiger partial charge in [0.05, 0.1) is 12.6 Å². The van der Waals surface area contributed by atoms with Crippen LogP contribution in [-0.4, -0.2) is 25.5 Å². The molecular weight excluding hydrogens is 390 g/mol. The molecule has 4 rings (SSSR count). The van der Waals surface area contributed by atoms with Gasteiger partial charge in [0.25, 0.3) is 0 Å². The van der Waals surface area contributed by atoms with Gasteiger partial charge in [-0.2, -0.15) is 0 Å². The van der Waals surface area contributed by atoms with E-state index in [0.29, 0.717) is 0 Å². The number of benzene rings is 2. The molecule has 0 aliphatic carbocycles. The maximum absolute atomic E-state index is 12.6. The van der Waals surface area contributed by atoms with Gasteiger partial charge in [-0.3, -0.25) is 10.1 Å². The van der Waals surface area contributed by atoms with Crippen LogP contribution < -0.4 is 15.5 Å². The third-order valence-corrected chi connectivity index (χ3v) is 6.58. The molecule has 2 aromatic carbocycles. The van der Waals surface area contributed by atoms with Gasteiger partial charge in [-0.1, -0.05) is 37.3 Å². The van der Waals surface area contributed by atoms with Crippen molar-refractivity contribution >= 4 is 28.6 Å². The van der Waals surface area contributed by atoms with E-state index in [1.807, 2.05) is 12.1 Å². The summed E-state index contributed by atoms with van der Waals surface area (Å²) in [6.45, 7) is 4.66. The van der Waals surface area contributed by atoms with E-state index in [9.17, 15) is 4.79 Å². The van der Waals surface area contributed by atoms with Crippen molar-refractivity contribution in [3.05, 3.63) is 82.0 Å². The molecule has 2 heterocycles. The van der Waals surface area contributed by atoms with Crippen molar-refractivity contribution in [3.63, 3.8) is 0 Å². The highest BCUT2D eigenvalue weighted by Gasteiger charge is 2.17. The van der Waals surface area contributed by atoms with Gasteiger partial charge >= 0.3 is 0 Å². The number of carbonyl (C=O) groups is 1. The lowest BCUT2D eigenvalue weighted by Crippen LogP contribution is -2.31. The largest absolute Gasteiger partial charge is 0.372 e. The van der Waals surface area contributed by atoms with Crippen LogP contribution in [0.25, 0.3) is 0 Å². The summed E-state index contributed by atoms with van der Waals surface area (Å²) in [6.07, 6.45) is 3.55. The van der Waals surface area contributed by atoms with E-state index in [-0.39, 0.29) is 18.5 Å². The Labute approximate surface area is 182 Å². The highest BCUT2D eigenvalue weighted by atomic mass is 32.1. The molecule has 1 aliphatic rings. The molecule has 1 fully saturated rings. The number of carbonyl (C=O) groups excluding carboxylic acids is 1. The molecule has 3 aromatic rings. The molecule has 1 aromatic heterocycles. The van der Waals surface area contributed by atoms with Gasteiger partial charge in [-0.05, 0) is 66.1 Å². The SMILES string of the molecule is CCc1ccc(C(NCC(=O)Nc2ccc(N3CCCC3)cc2)c2cccs2)cc1. The topological polar surface area (TPSA) is 44.4 Å². The van der Waals surface area contributed by atoms with Crippen LogP contribution in [0.5, 0.6) is 0 Å². The molecule has 4 nitrogen and oxygen atoms in total. The smallest absolute Gasteiger partial charge is 0.238 e. The summed E-state index contributed by atoms with van der Waals surface area (Å²) in [5, 5.41) is 8.53. The number of anilines is 2. The molecule has 0 spiro atoms. The summed E-state index contributed by atoms with van der Waals surface area (Å²) in [4.78, 5) is 16.2. The van der Waals surface area contributed by atoms with Crippen LogP contribution in [0.3, 0.4) is 0 Å². The van der Waals surface area contributed by atoms with Crippen LogP contribution in [0.4, 0.5) is 11.4 Å². The second-order valence-corrected chi connectivity index (χ2v) is 8.69. The zero-order chi connectivity index (χ0) is 20.8. The number of amides is 1. The Morgan fingerprint density at radius 3 is 2.40 bits per heavy atom. The van der Waals surface area contributed by atoms with Gasteiger partial charge in [0, 0.05) is 29.3 Å². The molecule has 30 heavy (non-hydrogen) atoms. The Morgan fingerprint density at radius 2 is 1.77 bits per heavy atom. The fourth-order valence-corrected chi connectivity index (χ4v) is 4.74. The molecular formula is C25H29N3OS. The minimum Gasteiger partial charge on any atom is -0.372 e. The maximum atomic E-state index is 12.6. The van der Waals surface area contributed by atoms with Crippen LogP contribution in [0.15, 0.2) is 66.0 Å². The average Bonchev–Trinajstić information content (AvgIpc) is 3.50. The monoisotopic (exact) mass is 419 g/mol. The van der Waals surface area contributed by atoms with Crippen molar-refractivity contribution in [2.45, 2.75) is 32.2 Å². The number of hydrogen-bond acceptors (Lipinski definition) is 4. The summed E-state index contributed by atoms with van der Waals surface area (Å²) in [5.41, 5.74) is 4.57. The van der Waals surface area contributed by atoms with Crippen LogP contribution in [-0.2, 0) is 11.2 Å². The molecule has 1 atom stereocenters. The first kappa shape index (κ1) is 20.6. The second-order valence-electron chi connectivity index (χ2n) is 7.71. The predicted molar refractivity (Wildman–Crippen MR) is 127 cm³/mol. The van der Waals surface area contributed by atoms with E-state index in [0.717, 1.165) is 25.2 Å². The summed E-state index contributed by atoms with van der Waals surface area (Å²) >= 11 is 1.71. The Hall–Kier alpha value is -2.63. The molecule has 1 aliphatic heterocycles. The van der Waals surface area contributed by atoms with Crippen LogP contribution in [0.1, 0.15) is 41.8 Å². The number of thiophene rings is 1. The maximum Gasteiger partial charge on any atom is 0.238 e. The van der Waals surface area contributed by atoms with E-state index in [1.165, 1.54) is 34.5 Å². The van der Waals surface area contributed by atoms with Crippen LogP contribution >= 0.6 is 11.3 Å². The van der Waals surface area contributed by atoms with Crippen molar-refractivity contribution in [2.75, 3.05) is 29.9 Å². The fraction of sp³-hybridized carbons (Fsp3) is 0.320. The zero-order valence-corrected chi connectivity index (χ0v) is 18.3. The number of rotatable bonds is 8. The summed E-state index contributed by atoms with van der Waals surface area (Å²) in [6, 6.07) is 21.0. The van der Waals surface area contributed by atoms with E-state index in [4.69, 9.17) is 0 Å². The normalized spacial score (nSPS) is 14.6. The first-order valence-corrected chi connectivity index (χ1v) is 11.6. The molecule has 0 saturated carbocycles. The first-order chi connectivity index (χ1) is 14.7. The van der Waals surface area contributed by atoms with Crippen LogP contribution in [0, 0.1) is 0 Å². The number of nitrogens with one attached hydrogen (secondary N) is 2. The summed E-state index contributed by atoms with van der Waals surface area (Å²) in [7, 11) is 0. The first-order valence-electron chi connectivity index (χ1n) is 10.7. The third-order valence-electron chi connectivity index (χ3n) is 5.64. The van der Waals surface area contributed by atoms with E-state index >= 15 is 0 Å². The molecule has 1 saturated heterocycles. The molecule has 0 bridgehead atoms. The lowest BCUT2D eigenvalue weighted by Gasteiger charge is -2.19. The average molecular weight is 420 g/mol. The van der Waals surface area contributed by atoms with Crippen molar-refractivity contribution < 1.29 is 4.79 Å². The van der Waals surface area contributed by atoms with Gasteiger partial charge in [-0.15, -0.1) is 11.3 Å². The number of nitrogens with zero attached hydrogens (tertiary/aromatic N) is 1. The fourth-order valence-electron chi connectivity index (χ4n) is 3.91. The minimum atomic E-state index is -0.0318. The number of aryl methyl sites for hydroxylation is 1. The Morgan fingerprint density at radius 1 is 1.03 bits per heavy atom. The summed E-state index contributed by atoms with van der Waals surface area (Å²) < 4.78 is 0. The lowest BCUT2D eigenvalue weighted by molar-refractivity contribution is -0.115. The standard InChI is InChI=1S/C25H29N3OS/c1-2-19-7-9-20(10-8-19)25(23-6-5-17-30-23)26-18-24(29)27-21-11-13-22(14-12-21)28-15-3-4-16-28/h5-14,17,25-26H,2-4,15-16,18H2,1H3,(H,27,29). The van der Waals surface area contributed by atoms with Crippen LogP contribution in [0.2, 0.25) is 0 Å². The van der Waals surface area contributed by atoms with E-state index in [1.54, 1.807) is 11.3 Å². The van der Waals surface area contributed by atoms with Gasteiger partial charge in [-0.25, -0.2) is 0 Å². The Kier molecular flexibility index (Phi) is 6.82. The van der Waals surface area contributed by atoms with E-state index in [2.05, 4.69) is 76.4 Å². The van der Waals surface area contributed by atoms with Crippen molar-refractivity contribution in [1.82, 2.24) is 5.32 Å². The van der Waals surface area contributed by atoms with Crippen molar-refractivity contribution in [1.29, 1.82) is 0 Å². The Balaban J connectivity index is 1.37. The van der Waals surface area contributed by atoms with Gasteiger partial charge in [0.1, 0.15) is 0 Å². The van der Waals surface area contributed by atoms with Crippen molar-refractivity contribution in [2.24, 2.45) is 0 Å². The molecule has 1 unspecified atom stereocenters. The highest BCUT2D eigenvalue weighted by Crippen LogP contribution is 2.26. The molecule has 156 valence electrons. The number of hydrogen-bond donors (Lipinski definition) is 2. The van der Waals surface area contributed by atoms with E-state index < -0.39 is 0 Å².